The van der Waals surface area contributed by atoms with Crippen LogP contribution < -0.4 is 0 Å². The van der Waals surface area contributed by atoms with Crippen LogP contribution in [0.1, 0.15) is 69.2 Å². The van der Waals surface area contributed by atoms with E-state index in [2.05, 4.69) is 9.97 Å². The lowest BCUT2D eigenvalue weighted by atomic mass is 9.82. The predicted octanol–water partition coefficient (Wildman–Crippen LogP) is 4.57. The van der Waals surface area contributed by atoms with Gasteiger partial charge in [-0.3, -0.25) is 19.6 Å². The Bertz CT molecular complexity index is 1590. The Morgan fingerprint density at radius 3 is 2.61 bits per heavy atom. The highest BCUT2D eigenvalue weighted by molar-refractivity contribution is 5.98. The van der Waals surface area contributed by atoms with E-state index in [1.54, 1.807) is 25.4 Å². The van der Waals surface area contributed by atoms with Crippen molar-refractivity contribution in [3.8, 4) is 17.2 Å². The number of aromatic hydroxyl groups is 3. The first-order valence-corrected chi connectivity index (χ1v) is 12.0. The summed E-state index contributed by atoms with van der Waals surface area (Å²) in [5, 5.41) is 34.5. The molecule has 0 fully saturated rings. The quantitative estimate of drug-likeness (QED) is 0.249. The molecule has 0 radical (unpaired) electrons. The third-order valence-electron chi connectivity index (χ3n) is 7.03. The largest absolute Gasteiger partial charge is 0.507 e. The van der Waals surface area contributed by atoms with E-state index >= 15 is 0 Å². The molecule has 1 aliphatic heterocycles. The summed E-state index contributed by atoms with van der Waals surface area (Å²) in [4.78, 5) is 33.8. The number of hydrogen-bond donors (Lipinski definition) is 3. The van der Waals surface area contributed by atoms with Crippen molar-refractivity contribution in [2.45, 2.75) is 38.9 Å². The average molecular weight is 515 g/mol. The van der Waals surface area contributed by atoms with Crippen LogP contribution in [-0.4, -0.2) is 44.1 Å². The first-order valence-electron chi connectivity index (χ1n) is 12.0. The summed E-state index contributed by atoms with van der Waals surface area (Å²) < 4.78 is 10.9. The van der Waals surface area contributed by atoms with Gasteiger partial charge in [0.2, 0.25) is 0 Å². The minimum Gasteiger partial charge on any atom is -0.507 e. The molecule has 3 N–H and O–H groups in total. The highest BCUT2D eigenvalue weighted by atomic mass is 16.5. The number of carbonyl (C=O) groups excluding carboxylic acids is 2. The third-order valence-corrected chi connectivity index (χ3v) is 7.03. The van der Waals surface area contributed by atoms with Gasteiger partial charge in [-0.25, -0.2) is 0 Å². The molecule has 38 heavy (non-hydrogen) atoms. The molecule has 1 aliphatic rings. The van der Waals surface area contributed by atoms with E-state index in [0.29, 0.717) is 33.3 Å². The van der Waals surface area contributed by atoms with Crippen molar-refractivity contribution >= 4 is 22.7 Å². The van der Waals surface area contributed by atoms with Crippen LogP contribution in [0.15, 0.2) is 48.8 Å². The van der Waals surface area contributed by atoms with Gasteiger partial charge in [0.1, 0.15) is 23.4 Å². The second kappa shape index (κ2) is 9.75. The fraction of sp³-hybridized carbons (Fsp3) is 0.241. The number of rotatable bonds is 6. The molecule has 2 aromatic heterocycles. The van der Waals surface area contributed by atoms with Crippen LogP contribution in [0.4, 0.5) is 0 Å². The number of nitrogens with zero attached hydrogens (tertiary/aromatic N) is 2. The van der Waals surface area contributed by atoms with E-state index in [-0.39, 0.29) is 41.2 Å². The number of fused-ring (bicyclic) bond motifs is 2. The van der Waals surface area contributed by atoms with Gasteiger partial charge in [-0.05, 0) is 37.6 Å². The normalized spacial score (nSPS) is 15.3. The Hall–Kier alpha value is -4.50. The maximum atomic E-state index is 12.7. The lowest BCUT2D eigenvalue weighted by Gasteiger charge is -2.25. The molecule has 9 nitrogen and oxygen atoms in total. The van der Waals surface area contributed by atoms with Crippen LogP contribution in [0, 0.1) is 6.92 Å². The number of ketones is 1. The van der Waals surface area contributed by atoms with Crippen LogP contribution in [-0.2, 0) is 20.9 Å². The van der Waals surface area contributed by atoms with Crippen LogP contribution in [0.3, 0.4) is 0 Å². The number of phenols is 2. The monoisotopic (exact) mass is 514 g/mol. The molecular formula is C29H26N2O7. The molecule has 0 bridgehead atoms. The van der Waals surface area contributed by atoms with Gasteiger partial charge in [0, 0.05) is 46.0 Å². The zero-order valence-electron chi connectivity index (χ0n) is 21.1. The number of phenolic OH excluding ortho intramolecular Hbond substituents is 2. The molecule has 0 spiro atoms. The molecule has 3 heterocycles. The number of methoxy groups -OCH3 is 1. The summed E-state index contributed by atoms with van der Waals surface area (Å²) in [6, 6.07) is 10.4. The maximum Gasteiger partial charge on any atom is 0.306 e. The highest BCUT2D eigenvalue weighted by Gasteiger charge is 2.36. The van der Waals surface area contributed by atoms with Crippen molar-refractivity contribution in [3.05, 3.63) is 87.9 Å². The van der Waals surface area contributed by atoms with Gasteiger partial charge in [-0.15, -0.1) is 0 Å². The number of ether oxygens (including phenoxy) is 2. The smallest absolute Gasteiger partial charge is 0.306 e. The topological polar surface area (TPSA) is 139 Å². The number of benzene rings is 2. The van der Waals surface area contributed by atoms with Crippen molar-refractivity contribution in [1.82, 2.24) is 9.97 Å². The summed E-state index contributed by atoms with van der Waals surface area (Å²) in [6.45, 7) is 3.08. The standard InChI is InChI=1S/C29H26N2O7/c1-14-26(34)24-16(12-31-14)13-38-29(24)21-10-19(15(2)32)27(35)25(28(21)36)20(11-23(33)37-3)17-8-9-30-22-7-5-4-6-18(17)22/h4-10,12,20,29,34-36H,11,13H2,1-3H3/t20-,29+/m0/s1. The van der Waals surface area contributed by atoms with E-state index in [1.807, 2.05) is 24.3 Å². The number of para-hydroxylation sites is 1. The molecular weight excluding hydrogens is 488 g/mol. The third kappa shape index (κ3) is 4.10. The first kappa shape index (κ1) is 25.2. The maximum absolute atomic E-state index is 12.7. The average Bonchev–Trinajstić information content (AvgIpc) is 3.34. The SMILES string of the molecule is COC(=O)C[C@H](c1c(O)c(C(C)=O)cc([C@H]2OCc3cnc(C)c(O)c32)c1O)c1ccnc2ccccc12. The Morgan fingerprint density at radius 1 is 1.11 bits per heavy atom. The second-order valence-electron chi connectivity index (χ2n) is 9.25. The fourth-order valence-electron chi connectivity index (χ4n) is 5.10. The fourth-order valence-corrected chi connectivity index (χ4v) is 5.10. The van der Waals surface area contributed by atoms with Gasteiger partial charge >= 0.3 is 5.97 Å². The summed E-state index contributed by atoms with van der Waals surface area (Å²) in [7, 11) is 1.25. The molecule has 4 aromatic rings. The molecule has 194 valence electrons. The molecule has 9 heteroatoms. The number of carbonyl (C=O) groups is 2. The van der Waals surface area contributed by atoms with Crippen LogP contribution in [0.5, 0.6) is 17.2 Å². The molecule has 2 aromatic carbocycles. The Labute approximate surface area is 218 Å². The molecule has 0 amide bonds. The van der Waals surface area contributed by atoms with Crippen molar-refractivity contribution in [1.29, 1.82) is 0 Å². The summed E-state index contributed by atoms with van der Waals surface area (Å²) in [6.07, 6.45) is 2.01. The van der Waals surface area contributed by atoms with E-state index in [0.717, 1.165) is 0 Å². The lowest BCUT2D eigenvalue weighted by Crippen LogP contribution is -2.14. The van der Waals surface area contributed by atoms with Gasteiger partial charge in [0.05, 0.1) is 36.9 Å². The number of aryl methyl sites for hydroxylation is 1. The Morgan fingerprint density at radius 2 is 1.87 bits per heavy atom. The number of aromatic nitrogens is 2. The van der Waals surface area contributed by atoms with Crippen LogP contribution >= 0.6 is 0 Å². The Kier molecular flexibility index (Phi) is 6.46. The van der Waals surface area contributed by atoms with Crippen LogP contribution in [0.2, 0.25) is 0 Å². The van der Waals surface area contributed by atoms with Gasteiger partial charge in [-0.1, -0.05) is 18.2 Å². The van der Waals surface area contributed by atoms with Gasteiger partial charge in [0.25, 0.3) is 0 Å². The summed E-state index contributed by atoms with van der Waals surface area (Å²) >= 11 is 0. The van der Waals surface area contributed by atoms with E-state index in [1.165, 1.54) is 20.1 Å². The molecule has 0 aliphatic carbocycles. The second-order valence-corrected chi connectivity index (χ2v) is 9.25. The number of pyridine rings is 2. The highest BCUT2D eigenvalue weighted by Crippen LogP contribution is 2.51. The van der Waals surface area contributed by atoms with Gasteiger partial charge < -0.3 is 24.8 Å². The molecule has 2 atom stereocenters. The summed E-state index contributed by atoms with van der Waals surface area (Å²) in [5.41, 5.74) is 2.82. The van der Waals surface area contributed by atoms with Crippen molar-refractivity contribution in [3.63, 3.8) is 0 Å². The number of esters is 1. The predicted molar refractivity (Wildman–Crippen MR) is 137 cm³/mol. The zero-order chi connectivity index (χ0) is 27.1. The molecule has 0 unspecified atom stereocenters. The van der Waals surface area contributed by atoms with Crippen LogP contribution in [0.25, 0.3) is 10.9 Å². The van der Waals surface area contributed by atoms with E-state index in [4.69, 9.17) is 9.47 Å². The van der Waals surface area contributed by atoms with Crippen molar-refractivity contribution in [2.24, 2.45) is 0 Å². The minimum atomic E-state index is -0.933. The lowest BCUT2D eigenvalue weighted by molar-refractivity contribution is -0.140. The number of Topliss-reactive ketones (excluding diaryl/α,β-unsaturated/α-hetero) is 1. The van der Waals surface area contributed by atoms with E-state index < -0.39 is 29.5 Å². The van der Waals surface area contributed by atoms with Crippen molar-refractivity contribution in [2.75, 3.05) is 7.11 Å². The zero-order valence-corrected chi connectivity index (χ0v) is 21.1. The number of hydrogen-bond acceptors (Lipinski definition) is 9. The van der Waals surface area contributed by atoms with Gasteiger partial charge in [0.15, 0.2) is 5.78 Å². The Balaban J connectivity index is 1.80. The van der Waals surface area contributed by atoms with E-state index in [9.17, 15) is 24.9 Å². The van der Waals surface area contributed by atoms with Gasteiger partial charge in [-0.2, -0.15) is 0 Å². The first-order chi connectivity index (χ1) is 18.2. The molecule has 5 rings (SSSR count). The minimum absolute atomic E-state index is 0.0169. The summed E-state index contributed by atoms with van der Waals surface area (Å²) in [5.74, 6) is -2.80. The van der Waals surface area contributed by atoms with Crippen molar-refractivity contribution < 1.29 is 34.4 Å². The molecule has 0 saturated heterocycles. The molecule has 0 saturated carbocycles.